The molecule has 0 atom stereocenters. The van der Waals surface area contributed by atoms with Gasteiger partial charge in [-0.25, -0.2) is 4.79 Å². The normalized spacial score (nSPS) is 10.1. The van der Waals surface area contributed by atoms with Crippen molar-refractivity contribution in [2.45, 2.75) is 4.90 Å². The molecule has 16 heavy (non-hydrogen) atoms. The van der Waals surface area contributed by atoms with Crippen molar-refractivity contribution in [3.8, 4) is 0 Å². The van der Waals surface area contributed by atoms with Crippen LogP contribution in [0.2, 0.25) is 0 Å². The molecule has 0 radical (unpaired) electrons. The summed E-state index contributed by atoms with van der Waals surface area (Å²) in [4.78, 5) is 21.2. The van der Waals surface area contributed by atoms with Crippen LogP contribution < -0.4 is 0 Å². The number of carboxylic acid groups (broad SMARTS) is 1. The van der Waals surface area contributed by atoms with E-state index < -0.39 is 16.6 Å². The fourth-order valence-electron chi connectivity index (χ4n) is 1.10. The molecule has 2 N–H and O–H groups in total. The van der Waals surface area contributed by atoms with Gasteiger partial charge in [0.2, 0.25) is 0 Å². The highest BCUT2D eigenvalue weighted by atomic mass is 32.2. The minimum Gasteiger partial charge on any atom is -0.477 e. The van der Waals surface area contributed by atoms with Gasteiger partial charge in [-0.2, -0.15) is 0 Å². The topological polar surface area (TPSA) is 101 Å². The van der Waals surface area contributed by atoms with E-state index in [0.717, 1.165) is 6.07 Å². The fraction of sp³-hybridized carbons (Fsp3) is 0.222. The van der Waals surface area contributed by atoms with E-state index >= 15 is 0 Å². The van der Waals surface area contributed by atoms with Crippen molar-refractivity contribution in [3.05, 3.63) is 33.9 Å². The molecule has 0 unspecified atom stereocenters. The van der Waals surface area contributed by atoms with Gasteiger partial charge in [-0.1, -0.05) is 0 Å². The van der Waals surface area contributed by atoms with Crippen LogP contribution in [0.1, 0.15) is 10.4 Å². The SMILES string of the molecule is O=C(O)c1cc(SCCO)ccc1[N+](=O)[O-]. The van der Waals surface area contributed by atoms with Crippen LogP contribution in [0.15, 0.2) is 23.1 Å². The van der Waals surface area contributed by atoms with E-state index in [0.29, 0.717) is 10.6 Å². The Morgan fingerprint density at radius 1 is 1.50 bits per heavy atom. The second kappa shape index (κ2) is 5.47. The first-order chi connectivity index (χ1) is 7.56. The number of aliphatic hydroxyl groups is 1. The number of aromatic carboxylic acids is 1. The maximum absolute atomic E-state index is 10.8. The predicted molar refractivity (Wildman–Crippen MR) is 57.9 cm³/mol. The average Bonchev–Trinajstić information content (AvgIpc) is 2.25. The van der Waals surface area contributed by atoms with E-state index in [1.54, 1.807) is 0 Å². The molecule has 0 aliphatic heterocycles. The molecule has 0 aromatic heterocycles. The van der Waals surface area contributed by atoms with Crippen LogP contribution in [0.4, 0.5) is 5.69 Å². The molecule has 0 amide bonds. The number of nitro groups is 1. The van der Waals surface area contributed by atoms with Crippen LogP contribution >= 0.6 is 11.8 Å². The molecule has 1 aromatic carbocycles. The maximum Gasteiger partial charge on any atom is 0.342 e. The zero-order chi connectivity index (χ0) is 12.1. The third-order valence-electron chi connectivity index (χ3n) is 1.76. The van der Waals surface area contributed by atoms with Crippen molar-refractivity contribution >= 4 is 23.4 Å². The fourth-order valence-corrected chi connectivity index (χ4v) is 1.79. The van der Waals surface area contributed by atoms with Gasteiger partial charge >= 0.3 is 5.97 Å². The van der Waals surface area contributed by atoms with Gasteiger partial charge in [0.15, 0.2) is 0 Å². The van der Waals surface area contributed by atoms with Crippen molar-refractivity contribution in [1.29, 1.82) is 0 Å². The van der Waals surface area contributed by atoms with Gasteiger partial charge in [0.1, 0.15) is 5.56 Å². The summed E-state index contributed by atoms with van der Waals surface area (Å²) < 4.78 is 0. The van der Waals surface area contributed by atoms with Gasteiger partial charge in [0, 0.05) is 16.7 Å². The highest BCUT2D eigenvalue weighted by Crippen LogP contribution is 2.25. The summed E-state index contributed by atoms with van der Waals surface area (Å²) in [5.74, 6) is -0.921. The van der Waals surface area contributed by atoms with Gasteiger partial charge in [0.25, 0.3) is 5.69 Å². The lowest BCUT2D eigenvalue weighted by Crippen LogP contribution is -2.02. The molecule has 0 heterocycles. The molecule has 86 valence electrons. The Kier molecular flexibility index (Phi) is 4.27. The van der Waals surface area contributed by atoms with Crippen LogP contribution in [-0.2, 0) is 0 Å². The molecule has 1 aromatic rings. The van der Waals surface area contributed by atoms with Crippen LogP contribution in [-0.4, -0.2) is 33.5 Å². The van der Waals surface area contributed by atoms with Crippen molar-refractivity contribution < 1.29 is 19.9 Å². The number of carboxylic acids is 1. The molecule has 0 aliphatic rings. The summed E-state index contributed by atoms with van der Waals surface area (Å²) in [5, 5.41) is 28.0. The van der Waals surface area contributed by atoms with E-state index in [1.165, 1.54) is 23.9 Å². The number of thioether (sulfide) groups is 1. The molecule has 0 saturated carbocycles. The third kappa shape index (κ3) is 2.94. The lowest BCUT2D eigenvalue weighted by atomic mass is 10.2. The van der Waals surface area contributed by atoms with Gasteiger partial charge in [0.05, 0.1) is 11.5 Å². The van der Waals surface area contributed by atoms with Crippen molar-refractivity contribution in [1.82, 2.24) is 0 Å². The van der Waals surface area contributed by atoms with Crippen LogP contribution in [0.25, 0.3) is 0 Å². The lowest BCUT2D eigenvalue weighted by molar-refractivity contribution is -0.385. The summed E-state index contributed by atoms with van der Waals surface area (Å²) in [6.45, 7) is -0.0376. The molecule has 6 nitrogen and oxygen atoms in total. The number of nitrogens with zero attached hydrogens (tertiary/aromatic N) is 1. The van der Waals surface area contributed by atoms with Crippen LogP contribution in [0.3, 0.4) is 0 Å². The Labute approximate surface area is 95.1 Å². The van der Waals surface area contributed by atoms with E-state index in [4.69, 9.17) is 10.2 Å². The number of benzene rings is 1. The third-order valence-corrected chi connectivity index (χ3v) is 2.73. The summed E-state index contributed by atoms with van der Waals surface area (Å²) in [6, 6.07) is 3.86. The zero-order valence-corrected chi connectivity index (χ0v) is 8.94. The van der Waals surface area contributed by atoms with Crippen molar-refractivity contribution in [2.24, 2.45) is 0 Å². The van der Waals surface area contributed by atoms with Gasteiger partial charge in [-0.3, -0.25) is 10.1 Å². The number of nitro benzene ring substituents is 1. The summed E-state index contributed by atoms with van der Waals surface area (Å²) >= 11 is 1.24. The second-order valence-corrected chi connectivity index (χ2v) is 3.98. The number of hydrogen-bond acceptors (Lipinski definition) is 5. The Morgan fingerprint density at radius 2 is 2.19 bits per heavy atom. The smallest absolute Gasteiger partial charge is 0.342 e. The molecular formula is C9H9NO5S. The Morgan fingerprint density at radius 3 is 2.69 bits per heavy atom. The first-order valence-corrected chi connectivity index (χ1v) is 5.30. The van der Waals surface area contributed by atoms with Crippen molar-refractivity contribution in [3.63, 3.8) is 0 Å². The van der Waals surface area contributed by atoms with Crippen LogP contribution in [0, 0.1) is 10.1 Å². The first kappa shape index (κ1) is 12.5. The average molecular weight is 243 g/mol. The van der Waals surface area contributed by atoms with Gasteiger partial charge in [-0.15, -0.1) is 11.8 Å². The monoisotopic (exact) mass is 243 g/mol. The molecule has 0 bridgehead atoms. The van der Waals surface area contributed by atoms with Gasteiger partial charge < -0.3 is 10.2 Å². The minimum atomic E-state index is -1.34. The Bertz CT molecular complexity index is 420. The Hall–Kier alpha value is -1.60. The number of hydrogen-bond donors (Lipinski definition) is 2. The summed E-state index contributed by atoms with van der Waals surface area (Å²) in [5.41, 5.74) is -0.770. The van der Waals surface area contributed by atoms with Crippen molar-refractivity contribution in [2.75, 3.05) is 12.4 Å². The molecule has 7 heteroatoms. The first-order valence-electron chi connectivity index (χ1n) is 4.31. The predicted octanol–water partition coefficient (Wildman–Crippen LogP) is 1.38. The molecule has 0 aliphatic carbocycles. The minimum absolute atomic E-state index is 0.0376. The van der Waals surface area contributed by atoms with Crippen LogP contribution in [0.5, 0.6) is 0 Å². The number of rotatable bonds is 5. The summed E-state index contributed by atoms with van der Waals surface area (Å²) in [7, 11) is 0. The lowest BCUT2D eigenvalue weighted by Gasteiger charge is -2.02. The van der Waals surface area contributed by atoms with Gasteiger partial charge in [-0.05, 0) is 12.1 Å². The molecule has 0 saturated heterocycles. The van der Waals surface area contributed by atoms with E-state index in [-0.39, 0.29) is 12.2 Å². The molecular weight excluding hydrogens is 234 g/mol. The van der Waals surface area contributed by atoms with E-state index in [1.807, 2.05) is 0 Å². The second-order valence-electron chi connectivity index (χ2n) is 2.81. The molecule has 1 rings (SSSR count). The molecule has 0 fully saturated rings. The highest BCUT2D eigenvalue weighted by molar-refractivity contribution is 7.99. The zero-order valence-electron chi connectivity index (χ0n) is 8.12. The maximum atomic E-state index is 10.8. The largest absolute Gasteiger partial charge is 0.477 e. The quantitative estimate of drug-likeness (QED) is 0.460. The standard InChI is InChI=1S/C9H9NO5S/c11-3-4-16-6-1-2-8(10(14)15)7(5-6)9(12)13/h1-2,5,11H,3-4H2,(H,12,13). The Balaban J connectivity index is 3.07. The number of carbonyl (C=O) groups is 1. The van der Waals surface area contributed by atoms with E-state index in [9.17, 15) is 14.9 Å². The highest BCUT2D eigenvalue weighted by Gasteiger charge is 2.19. The molecule has 0 spiro atoms. The number of aliphatic hydroxyl groups excluding tert-OH is 1. The summed E-state index contributed by atoms with van der Waals surface area (Å²) in [6.07, 6.45) is 0. The van der Waals surface area contributed by atoms with E-state index in [2.05, 4.69) is 0 Å².